The van der Waals surface area contributed by atoms with Crippen LogP contribution in [0.2, 0.25) is 0 Å². The molecule has 0 aromatic rings. The van der Waals surface area contributed by atoms with E-state index in [0.29, 0.717) is 0 Å². The molecule has 0 amide bonds. The maximum Gasteiger partial charge on any atom is 0.131 e. The lowest BCUT2D eigenvalue weighted by Crippen LogP contribution is -1.81. The molecule has 4 heteroatoms. The van der Waals surface area contributed by atoms with E-state index in [1.807, 2.05) is 6.92 Å². The summed E-state index contributed by atoms with van der Waals surface area (Å²) in [6.07, 6.45) is 1.68. The number of halogens is 2. The predicted octanol–water partition coefficient (Wildman–Crippen LogP) is 2.61. The van der Waals surface area contributed by atoms with Crippen molar-refractivity contribution in [3.63, 3.8) is 0 Å². The lowest BCUT2D eigenvalue weighted by atomic mass is 10.7. The van der Waals surface area contributed by atoms with Crippen molar-refractivity contribution < 1.29 is 0 Å². The Balaban J connectivity index is 2.86. The quantitative estimate of drug-likeness (QED) is 0.583. The van der Waals surface area contributed by atoms with E-state index in [1.165, 1.54) is 0 Å². The maximum absolute atomic E-state index is 5.59. The zero-order valence-corrected chi connectivity index (χ0v) is 7.14. The molecule has 0 aromatic carbocycles. The summed E-state index contributed by atoms with van der Waals surface area (Å²) >= 11 is 5.32. The van der Waals surface area contributed by atoms with Crippen molar-refractivity contribution in [3.05, 3.63) is 9.24 Å². The molecular weight excluding hydrogens is 238 g/mol. The Bertz CT molecular complexity index is 162. The Kier molecular flexibility index (Phi) is 2.13. The van der Waals surface area contributed by atoms with E-state index in [9.17, 15) is 0 Å². The summed E-state index contributed by atoms with van der Waals surface area (Å²) in [5.41, 5.74) is 0. The van der Waals surface area contributed by atoms with Gasteiger partial charge in [-0.15, -0.1) is 0 Å². The Hall–Kier alpha value is 0.230. The molecule has 44 valence electrons. The van der Waals surface area contributed by atoms with Crippen molar-refractivity contribution in [1.29, 1.82) is 0 Å². The van der Waals surface area contributed by atoms with Gasteiger partial charge in [0.05, 0.1) is 6.20 Å². The van der Waals surface area contributed by atoms with Crippen LogP contribution in [0.1, 0.15) is 6.92 Å². The standard InChI is InChI=1S/C4H4ClIN2/c1-3-7-2-4(5)6-8-3/h2H,1H3. The fourth-order valence-corrected chi connectivity index (χ4v) is 1.52. The third-order valence-electron chi connectivity index (χ3n) is 0.594. The highest BCUT2D eigenvalue weighted by Crippen LogP contribution is 2.23. The molecule has 8 heavy (non-hydrogen) atoms. The van der Waals surface area contributed by atoms with E-state index in [4.69, 9.17) is 11.6 Å². The molecule has 0 unspecified atom stereocenters. The van der Waals surface area contributed by atoms with Gasteiger partial charge in [-0.3, -0.25) is 0 Å². The van der Waals surface area contributed by atoms with E-state index in [0.717, 1.165) is 8.87 Å². The van der Waals surface area contributed by atoms with Crippen molar-refractivity contribution in [2.24, 2.45) is 8.14 Å². The number of rotatable bonds is 0. The van der Waals surface area contributed by atoms with Crippen LogP contribution >= 0.6 is 32.6 Å². The molecule has 0 saturated carbocycles. The van der Waals surface area contributed by atoms with E-state index < -0.39 is 0 Å². The van der Waals surface area contributed by atoms with Gasteiger partial charge in [-0.1, -0.05) is 11.6 Å². The summed E-state index contributed by atoms with van der Waals surface area (Å²) in [5.74, 6) is 0.849. The van der Waals surface area contributed by atoms with Gasteiger partial charge in [-0.2, -0.15) is 0 Å². The minimum absolute atomic E-state index is 0.268. The fourth-order valence-electron chi connectivity index (χ4n) is 0.287. The molecule has 0 N–H and O–H groups in total. The van der Waals surface area contributed by atoms with E-state index in [-0.39, 0.29) is 21.0 Å². The highest BCUT2D eigenvalue weighted by atomic mass is 127. The zero-order valence-electron chi connectivity index (χ0n) is 4.23. The van der Waals surface area contributed by atoms with Gasteiger partial charge in [0.15, 0.2) is 0 Å². The first kappa shape index (κ1) is 6.35. The normalized spacial score (nSPS) is 18.8. The maximum atomic E-state index is 5.59. The van der Waals surface area contributed by atoms with Gasteiger partial charge in [0.1, 0.15) is 8.87 Å². The monoisotopic (exact) mass is 242 g/mol. The van der Waals surface area contributed by atoms with Crippen molar-refractivity contribution in [2.75, 3.05) is 0 Å². The van der Waals surface area contributed by atoms with Gasteiger partial charge in [0.2, 0.25) is 0 Å². The second-order valence-corrected chi connectivity index (χ2v) is 4.44. The first-order chi connectivity index (χ1) is 3.79. The molecule has 0 spiro atoms. The average Bonchev–Trinajstić information content (AvgIpc) is 1.77. The summed E-state index contributed by atoms with van der Waals surface area (Å²) < 4.78 is 4.88. The van der Waals surface area contributed by atoms with Gasteiger partial charge < -0.3 is 0 Å². The van der Waals surface area contributed by atoms with Crippen LogP contribution in [0.25, 0.3) is 0 Å². The third kappa shape index (κ3) is 1.63. The van der Waals surface area contributed by atoms with Gasteiger partial charge in [0, 0.05) is 21.0 Å². The summed E-state index contributed by atoms with van der Waals surface area (Å²) in [7, 11) is 0. The van der Waals surface area contributed by atoms with Gasteiger partial charge in [-0.25, -0.2) is 8.14 Å². The van der Waals surface area contributed by atoms with Crippen LogP contribution in [0, 0.1) is 0 Å². The first-order valence-electron chi connectivity index (χ1n) is 2.04. The van der Waals surface area contributed by atoms with Crippen molar-refractivity contribution in [1.82, 2.24) is 0 Å². The second kappa shape index (κ2) is 2.68. The van der Waals surface area contributed by atoms with Crippen LogP contribution < -0.4 is 0 Å². The van der Waals surface area contributed by atoms with Gasteiger partial charge >= 0.3 is 0 Å². The molecule has 0 atom stereocenters. The molecule has 1 heterocycles. The minimum atomic E-state index is -0.268. The van der Waals surface area contributed by atoms with E-state index in [1.54, 1.807) is 6.20 Å². The van der Waals surface area contributed by atoms with E-state index in [2.05, 4.69) is 8.14 Å². The average molecular weight is 242 g/mol. The number of hydrogen-bond acceptors (Lipinski definition) is 2. The summed E-state index contributed by atoms with van der Waals surface area (Å²) in [5, 5.41) is 0. The number of aliphatic imine (C=N–C) groups is 1. The molecule has 0 fully saturated rings. The number of hydrogen-bond donors (Lipinski definition) is 0. The Morgan fingerprint density at radius 3 is 2.88 bits per heavy atom. The molecule has 0 aromatic heterocycles. The van der Waals surface area contributed by atoms with Crippen LogP contribution in [-0.2, 0) is 0 Å². The van der Waals surface area contributed by atoms with Crippen molar-refractivity contribution >= 4 is 38.5 Å². The van der Waals surface area contributed by atoms with Gasteiger partial charge in [-0.05, 0) is 6.92 Å². The highest BCUT2D eigenvalue weighted by Gasteiger charge is 1.92. The summed E-state index contributed by atoms with van der Waals surface area (Å²) in [6.45, 7) is 1.87. The van der Waals surface area contributed by atoms with Crippen molar-refractivity contribution in [3.8, 4) is 0 Å². The van der Waals surface area contributed by atoms with Crippen LogP contribution in [0.5, 0.6) is 0 Å². The molecule has 2 nitrogen and oxygen atoms in total. The second-order valence-electron chi connectivity index (χ2n) is 1.26. The first-order valence-corrected chi connectivity index (χ1v) is 4.46. The smallest absolute Gasteiger partial charge is 0.131 e. The third-order valence-corrected chi connectivity index (χ3v) is 2.80. The van der Waals surface area contributed by atoms with Crippen LogP contribution in [0.3, 0.4) is 0 Å². The Morgan fingerprint density at radius 1 is 1.75 bits per heavy atom. The molecule has 0 aliphatic carbocycles. The minimum Gasteiger partial charge on any atom is -0.239 e. The predicted molar refractivity (Wildman–Crippen MR) is 43.5 cm³/mol. The Morgan fingerprint density at radius 2 is 2.50 bits per heavy atom. The summed E-state index contributed by atoms with van der Waals surface area (Å²) in [4.78, 5) is 3.89. The Labute approximate surface area is 62.8 Å². The van der Waals surface area contributed by atoms with Gasteiger partial charge in [0.25, 0.3) is 0 Å². The number of nitrogens with zero attached hydrogens (tertiary/aromatic N) is 2. The van der Waals surface area contributed by atoms with Crippen molar-refractivity contribution in [2.45, 2.75) is 6.92 Å². The van der Waals surface area contributed by atoms with Crippen LogP contribution in [0.15, 0.2) is 17.4 Å². The van der Waals surface area contributed by atoms with Crippen LogP contribution in [-0.4, -0.2) is 5.84 Å². The molecule has 1 rings (SSSR count). The zero-order chi connectivity index (χ0) is 5.98. The highest BCUT2D eigenvalue weighted by molar-refractivity contribution is 14.2. The fraction of sp³-hybridized carbons (Fsp3) is 0.250. The molecule has 0 radical (unpaired) electrons. The summed E-state index contributed by atoms with van der Waals surface area (Å²) in [6, 6.07) is 0. The van der Waals surface area contributed by atoms with Crippen LogP contribution in [0.4, 0.5) is 0 Å². The largest absolute Gasteiger partial charge is 0.239 e. The topological polar surface area (TPSA) is 24.7 Å². The lowest BCUT2D eigenvalue weighted by molar-refractivity contribution is 1.49. The molecular formula is C4H4ClIN2. The number of amidine groups is 1. The SMILES string of the molecule is CC1=NC=C(Cl)I=N1. The lowest BCUT2D eigenvalue weighted by Gasteiger charge is -1.92. The molecule has 0 bridgehead atoms. The molecule has 1 aliphatic rings. The molecule has 1 aliphatic heterocycles. The molecule has 0 saturated heterocycles. The van der Waals surface area contributed by atoms with E-state index >= 15 is 0 Å².